The molecule has 35 heavy (non-hydrogen) atoms. The van der Waals surface area contributed by atoms with E-state index in [1.807, 2.05) is 0 Å². The molecule has 3 N–H and O–H groups in total. The largest absolute Gasteiger partial charge is 0.481 e. The highest BCUT2D eigenvalue weighted by Gasteiger charge is 2.28. The van der Waals surface area contributed by atoms with Crippen molar-refractivity contribution in [1.29, 1.82) is 0 Å². The molecule has 3 aromatic rings. The van der Waals surface area contributed by atoms with E-state index in [0.717, 1.165) is 12.4 Å². The number of nitrogens with zero attached hydrogens (tertiary/aromatic N) is 4. The van der Waals surface area contributed by atoms with Gasteiger partial charge < -0.3 is 25.4 Å². The molecule has 0 aliphatic carbocycles. The normalized spacial score (nSPS) is 15.3. The number of benzene rings is 1. The Morgan fingerprint density at radius 2 is 1.91 bits per heavy atom. The molecule has 2 amide bonds. The number of alkyl halides is 3. The van der Waals surface area contributed by atoms with Gasteiger partial charge in [0.05, 0.1) is 23.8 Å². The minimum Gasteiger partial charge on any atom is -0.481 e. The first-order valence-electron chi connectivity index (χ1n) is 10.2. The van der Waals surface area contributed by atoms with E-state index in [-0.39, 0.29) is 29.1 Å². The third kappa shape index (κ3) is 6.52. The lowest BCUT2D eigenvalue weighted by atomic mass is 10.2. The van der Waals surface area contributed by atoms with E-state index in [1.165, 1.54) is 30.7 Å². The van der Waals surface area contributed by atoms with Gasteiger partial charge in [-0.2, -0.15) is 23.1 Å². The van der Waals surface area contributed by atoms with Crippen molar-refractivity contribution < 1.29 is 32.2 Å². The summed E-state index contributed by atoms with van der Waals surface area (Å²) in [7, 11) is 0. The van der Waals surface area contributed by atoms with Crippen LogP contribution in [-0.4, -0.2) is 57.1 Å². The van der Waals surface area contributed by atoms with E-state index in [1.54, 1.807) is 6.07 Å². The molecule has 1 saturated heterocycles. The predicted octanol–water partition coefficient (Wildman–Crippen LogP) is 2.55. The van der Waals surface area contributed by atoms with Gasteiger partial charge in [-0.3, -0.25) is 9.59 Å². The molecule has 14 heteroatoms. The van der Waals surface area contributed by atoms with Gasteiger partial charge in [-0.05, 0) is 24.6 Å². The highest BCUT2D eigenvalue weighted by Crippen LogP contribution is 2.31. The summed E-state index contributed by atoms with van der Waals surface area (Å²) in [4.78, 5) is 39.9. The molecule has 0 spiro atoms. The van der Waals surface area contributed by atoms with Crippen LogP contribution in [0.1, 0.15) is 16.9 Å². The number of aromatic nitrogens is 4. The molecule has 1 aliphatic heterocycles. The summed E-state index contributed by atoms with van der Waals surface area (Å²) in [5.74, 6) is -0.609. The monoisotopic (exact) mass is 489 g/mol. The zero-order valence-electron chi connectivity index (χ0n) is 17.9. The maximum absolute atomic E-state index is 12.5. The van der Waals surface area contributed by atoms with Crippen LogP contribution in [-0.2, 0) is 4.79 Å². The fourth-order valence-electron chi connectivity index (χ4n) is 3.05. The lowest BCUT2D eigenvalue weighted by Gasteiger charge is -2.17. The van der Waals surface area contributed by atoms with Gasteiger partial charge in [0.1, 0.15) is 23.8 Å². The summed E-state index contributed by atoms with van der Waals surface area (Å²) >= 11 is 0. The van der Waals surface area contributed by atoms with Crippen molar-refractivity contribution in [2.75, 3.05) is 23.8 Å². The molecule has 0 bridgehead atoms. The van der Waals surface area contributed by atoms with Crippen LogP contribution in [0.3, 0.4) is 0 Å². The van der Waals surface area contributed by atoms with E-state index in [4.69, 9.17) is 4.74 Å². The van der Waals surface area contributed by atoms with Crippen molar-refractivity contribution >= 4 is 23.2 Å². The Kier molecular flexibility index (Phi) is 6.89. The molecule has 0 saturated carbocycles. The Hall–Kier alpha value is -4.49. The number of ether oxygens (including phenoxy) is 2. The number of rotatable bonds is 8. The second-order valence-corrected chi connectivity index (χ2v) is 7.24. The maximum atomic E-state index is 12.5. The molecular formula is C21H18F3N7O4. The average Bonchev–Trinajstić information content (AvgIpc) is 3.24. The van der Waals surface area contributed by atoms with Crippen LogP contribution in [0, 0.1) is 0 Å². The average molecular weight is 489 g/mol. The fraction of sp³-hybridized carbons (Fsp3) is 0.238. The lowest BCUT2D eigenvalue weighted by molar-refractivity contribution is -0.153. The van der Waals surface area contributed by atoms with Crippen molar-refractivity contribution in [3.63, 3.8) is 0 Å². The molecule has 1 aliphatic rings. The number of halogens is 3. The van der Waals surface area contributed by atoms with Crippen LogP contribution in [0.15, 0.2) is 49.2 Å². The van der Waals surface area contributed by atoms with Crippen molar-refractivity contribution in [3.05, 3.63) is 54.9 Å². The molecule has 1 atom stereocenters. The van der Waals surface area contributed by atoms with Crippen LogP contribution < -0.4 is 25.4 Å². The minimum absolute atomic E-state index is 0.145. The Morgan fingerprint density at radius 3 is 2.57 bits per heavy atom. The highest BCUT2D eigenvalue weighted by molar-refractivity contribution is 6.05. The third-order valence-electron chi connectivity index (χ3n) is 4.65. The zero-order chi connectivity index (χ0) is 24.8. The van der Waals surface area contributed by atoms with Crippen LogP contribution in [0.2, 0.25) is 0 Å². The molecule has 0 radical (unpaired) electrons. The van der Waals surface area contributed by atoms with Crippen LogP contribution in [0.5, 0.6) is 17.5 Å². The maximum Gasteiger partial charge on any atom is 0.422 e. The first-order chi connectivity index (χ1) is 16.8. The molecule has 1 fully saturated rings. The predicted molar refractivity (Wildman–Crippen MR) is 115 cm³/mol. The first-order valence-corrected chi connectivity index (χ1v) is 10.2. The van der Waals surface area contributed by atoms with Crippen molar-refractivity contribution in [1.82, 2.24) is 25.3 Å². The number of hydrogen-bond donors (Lipinski definition) is 3. The van der Waals surface area contributed by atoms with Gasteiger partial charge in [0.25, 0.3) is 5.91 Å². The molecule has 182 valence electrons. The second-order valence-electron chi connectivity index (χ2n) is 7.24. The molecule has 11 nitrogen and oxygen atoms in total. The lowest BCUT2D eigenvalue weighted by Crippen LogP contribution is -2.30. The Labute approximate surface area is 196 Å². The van der Waals surface area contributed by atoms with Crippen molar-refractivity contribution in [3.8, 4) is 17.5 Å². The summed E-state index contributed by atoms with van der Waals surface area (Å²) in [6.07, 6.45) is 0.817. The Balaban J connectivity index is 1.51. The van der Waals surface area contributed by atoms with Crippen molar-refractivity contribution in [2.24, 2.45) is 0 Å². The summed E-state index contributed by atoms with van der Waals surface area (Å²) in [6, 6.07) is 5.37. The molecule has 3 heterocycles. The van der Waals surface area contributed by atoms with Gasteiger partial charge in [-0.25, -0.2) is 9.97 Å². The summed E-state index contributed by atoms with van der Waals surface area (Å²) in [5.41, 5.74) is 0.890. The van der Waals surface area contributed by atoms with Crippen molar-refractivity contribution in [2.45, 2.75) is 18.6 Å². The fourth-order valence-corrected chi connectivity index (χ4v) is 3.05. The van der Waals surface area contributed by atoms with Gasteiger partial charge >= 0.3 is 12.2 Å². The summed E-state index contributed by atoms with van der Waals surface area (Å²) in [5, 5.41) is 8.51. The standard InChI is InChI=1S/C21H18F3N7O4/c22-21(23,24)10-34-13-8-27-20(28-9-13)35-12-1-2-14(31-19(33)15-3-5-25-11-29-15)17(7-12)30-16-4-6-26-18(16)32/h1-3,5,7-9,11,16,30H,4,6,10H2,(H,26,32)(H,31,33)/t16-/m0/s1. The van der Waals surface area contributed by atoms with Gasteiger partial charge in [0.15, 0.2) is 12.4 Å². The molecular weight excluding hydrogens is 471 g/mol. The van der Waals surface area contributed by atoms with Gasteiger partial charge in [0.2, 0.25) is 5.91 Å². The first kappa shape index (κ1) is 23.7. The summed E-state index contributed by atoms with van der Waals surface area (Å²) in [6.45, 7) is -0.964. The number of hydrogen-bond acceptors (Lipinski definition) is 9. The number of anilines is 2. The highest BCUT2D eigenvalue weighted by atomic mass is 19.4. The molecule has 0 unspecified atom stereocenters. The Bertz CT molecular complexity index is 1190. The van der Waals surface area contributed by atoms with E-state index in [0.29, 0.717) is 24.3 Å². The van der Waals surface area contributed by atoms with E-state index in [2.05, 4.69) is 40.6 Å². The minimum atomic E-state index is -4.49. The van der Waals surface area contributed by atoms with Crippen LogP contribution in [0.25, 0.3) is 0 Å². The molecule has 1 aromatic carbocycles. The Morgan fingerprint density at radius 1 is 1.11 bits per heavy atom. The third-order valence-corrected chi connectivity index (χ3v) is 4.65. The molecule has 4 rings (SSSR count). The zero-order valence-corrected chi connectivity index (χ0v) is 17.9. The van der Waals surface area contributed by atoms with Crippen LogP contribution in [0.4, 0.5) is 24.5 Å². The van der Waals surface area contributed by atoms with Gasteiger partial charge in [-0.1, -0.05) is 0 Å². The van der Waals surface area contributed by atoms with E-state index in [9.17, 15) is 22.8 Å². The summed E-state index contributed by atoms with van der Waals surface area (Å²) < 4.78 is 47.0. The number of carbonyl (C=O) groups excluding carboxylic acids is 2. The van der Waals surface area contributed by atoms with Gasteiger partial charge in [0, 0.05) is 18.8 Å². The van der Waals surface area contributed by atoms with Crippen LogP contribution >= 0.6 is 0 Å². The molecule has 2 aromatic heterocycles. The second kappa shape index (κ2) is 10.2. The van der Waals surface area contributed by atoms with E-state index < -0.39 is 24.7 Å². The number of amides is 2. The smallest absolute Gasteiger partial charge is 0.422 e. The number of nitrogens with one attached hydrogen (secondary N) is 3. The van der Waals surface area contributed by atoms with E-state index >= 15 is 0 Å². The topological polar surface area (TPSA) is 140 Å². The SMILES string of the molecule is O=C(Nc1ccc(Oc2ncc(OCC(F)(F)F)cn2)cc1N[C@H]1CCNC1=O)c1ccncn1. The van der Waals surface area contributed by atoms with Gasteiger partial charge in [-0.15, -0.1) is 0 Å². The number of carbonyl (C=O) groups is 2. The quantitative estimate of drug-likeness (QED) is 0.435.